The van der Waals surface area contributed by atoms with Crippen LogP contribution in [0.25, 0.3) is 11.3 Å². The van der Waals surface area contributed by atoms with E-state index < -0.39 is 0 Å². The summed E-state index contributed by atoms with van der Waals surface area (Å²) in [6.45, 7) is 4.94. The van der Waals surface area contributed by atoms with Gasteiger partial charge in [0.15, 0.2) is 5.82 Å². The van der Waals surface area contributed by atoms with Crippen molar-refractivity contribution in [2.75, 3.05) is 31.1 Å². The first kappa shape index (κ1) is 15.7. The zero-order valence-corrected chi connectivity index (χ0v) is 13.8. The van der Waals surface area contributed by atoms with Crippen LogP contribution in [0.4, 0.5) is 5.82 Å². The monoisotopic (exact) mass is 330 g/mol. The summed E-state index contributed by atoms with van der Waals surface area (Å²) < 4.78 is 0. The lowest BCUT2D eigenvalue weighted by atomic mass is 10.1. The van der Waals surface area contributed by atoms with Gasteiger partial charge in [0.2, 0.25) is 5.91 Å². The summed E-state index contributed by atoms with van der Waals surface area (Å²) in [7, 11) is 0. The fourth-order valence-corrected chi connectivity index (χ4v) is 2.95. The normalized spacial score (nSPS) is 14.9. The standard InChI is InChI=1S/C17H19ClN4O/c1-2-17(23)22-11-9-21(10-12-22)16-8-7-15(19-20-16)13-5-3-4-6-14(13)18/h3-8H,2,9-12H2,1H3. The van der Waals surface area contributed by atoms with Crippen molar-refractivity contribution in [2.24, 2.45) is 0 Å². The van der Waals surface area contributed by atoms with Gasteiger partial charge in [-0.2, -0.15) is 0 Å². The summed E-state index contributed by atoms with van der Waals surface area (Å²) in [5, 5.41) is 9.29. The molecule has 0 saturated carbocycles. The zero-order valence-electron chi connectivity index (χ0n) is 13.1. The summed E-state index contributed by atoms with van der Waals surface area (Å²) in [5.41, 5.74) is 1.64. The van der Waals surface area contributed by atoms with Crippen molar-refractivity contribution < 1.29 is 4.79 Å². The number of halogens is 1. The van der Waals surface area contributed by atoms with Crippen molar-refractivity contribution in [1.82, 2.24) is 15.1 Å². The van der Waals surface area contributed by atoms with Crippen LogP contribution in [-0.2, 0) is 4.79 Å². The maximum Gasteiger partial charge on any atom is 0.222 e. The first-order valence-corrected chi connectivity index (χ1v) is 8.18. The molecule has 0 spiro atoms. The second kappa shape index (κ2) is 6.96. The van der Waals surface area contributed by atoms with Crippen molar-refractivity contribution in [3.63, 3.8) is 0 Å². The van der Waals surface area contributed by atoms with E-state index in [4.69, 9.17) is 11.6 Å². The summed E-state index contributed by atoms with van der Waals surface area (Å²) in [6, 6.07) is 11.5. The average molecular weight is 331 g/mol. The van der Waals surface area contributed by atoms with E-state index in [1.54, 1.807) is 0 Å². The number of hydrogen-bond donors (Lipinski definition) is 0. The highest BCUT2D eigenvalue weighted by Crippen LogP contribution is 2.26. The van der Waals surface area contributed by atoms with Gasteiger partial charge in [0, 0.05) is 38.2 Å². The number of amides is 1. The van der Waals surface area contributed by atoms with E-state index >= 15 is 0 Å². The first-order chi connectivity index (χ1) is 11.2. The Balaban J connectivity index is 1.69. The smallest absolute Gasteiger partial charge is 0.222 e. The molecule has 1 aromatic carbocycles. The Morgan fingerprint density at radius 1 is 1.09 bits per heavy atom. The molecule has 1 aliphatic heterocycles. The Hall–Kier alpha value is -2.14. The molecule has 1 aliphatic rings. The third kappa shape index (κ3) is 3.45. The Bertz CT molecular complexity index is 681. The van der Waals surface area contributed by atoms with Crippen molar-refractivity contribution >= 4 is 23.3 Å². The number of aromatic nitrogens is 2. The first-order valence-electron chi connectivity index (χ1n) is 7.80. The van der Waals surface area contributed by atoms with Crippen molar-refractivity contribution in [2.45, 2.75) is 13.3 Å². The van der Waals surface area contributed by atoms with Gasteiger partial charge in [0.25, 0.3) is 0 Å². The quantitative estimate of drug-likeness (QED) is 0.868. The third-order valence-corrected chi connectivity index (χ3v) is 4.39. The van der Waals surface area contributed by atoms with Gasteiger partial charge in [0.1, 0.15) is 0 Å². The van der Waals surface area contributed by atoms with Crippen LogP contribution >= 0.6 is 11.6 Å². The average Bonchev–Trinajstić information content (AvgIpc) is 2.62. The molecule has 120 valence electrons. The number of nitrogens with zero attached hydrogens (tertiary/aromatic N) is 4. The SMILES string of the molecule is CCC(=O)N1CCN(c2ccc(-c3ccccc3Cl)nn2)CC1. The highest BCUT2D eigenvalue weighted by molar-refractivity contribution is 6.33. The van der Waals surface area contributed by atoms with E-state index in [-0.39, 0.29) is 5.91 Å². The van der Waals surface area contributed by atoms with Crippen LogP contribution in [0.1, 0.15) is 13.3 Å². The molecule has 0 N–H and O–H groups in total. The van der Waals surface area contributed by atoms with Gasteiger partial charge < -0.3 is 9.80 Å². The second-order valence-electron chi connectivity index (χ2n) is 5.48. The fraction of sp³-hybridized carbons (Fsp3) is 0.353. The Morgan fingerprint density at radius 2 is 1.83 bits per heavy atom. The molecule has 0 radical (unpaired) electrons. The molecule has 1 amide bonds. The predicted molar refractivity (Wildman–Crippen MR) is 91.6 cm³/mol. The number of carbonyl (C=O) groups is 1. The lowest BCUT2D eigenvalue weighted by Crippen LogP contribution is -2.48. The van der Waals surface area contributed by atoms with E-state index in [2.05, 4.69) is 15.1 Å². The Labute approximate surface area is 140 Å². The van der Waals surface area contributed by atoms with Gasteiger partial charge in [-0.1, -0.05) is 36.7 Å². The fourth-order valence-electron chi connectivity index (χ4n) is 2.72. The van der Waals surface area contributed by atoms with E-state index in [0.717, 1.165) is 43.3 Å². The lowest BCUT2D eigenvalue weighted by molar-refractivity contribution is -0.131. The van der Waals surface area contributed by atoms with Crippen molar-refractivity contribution in [3.8, 4) is 11.3 Å². The molecular formula is C17H19ClN4O. The second-order valence-corrected chi connectivity index (χ2v) is 5.89. The van der Waals surface area contributed by atoms with E-state index in [9.17, 15) is 4.79 Å². The van der Waals surface area contributed by atoms with Crippen LogP contribution in [-0.4, -0.2) is 47.2 Å². The molecule has 1 saturated heterocycles. The third-order valence-electron chi connectivity index (χ3n) is 4.06. The summed E-state index contributed by atoms with van der Waals surface area (Å²) >= 11 is 6.19. The van der Waals surface area contributed by atoms with Gasteiger partial charge in [-0.15, -0.1) is 10.2 Å². The van der Waals surface area contributed by atoms with Crippen LogP contribution in [0, 0.1) is 0 Å². The lowest BCUT2D eigenvalue weighted by Gasteiger charge is -2.35. The summed E-state index contributed by atoms with van der Waals surface area (Å²) in [4.78, 5) is 15.8. The van der Waals surface area contributed by atoms with Crippen LogP contribution in [0.2, 0.25) is 5.02 Å². The van der Waals surface area contributed by atoms with Gasteiger partial charge in [-0.05, 0) is 18.2 Å². The molecule has 1 aromatic heterocycles. The van der Waals surface area contributed by atoms with E-state index in [1.807, 2.05) is 48.2 Å². The molecular weight excluding hydrogens is 312 g/mol. The number of hydrogen-bond acceptors (Lipinski definition) is 4. The van der Waals surface area contributed by atoms with Crippen LogP contribution < -0.4 is 4.90 Å². The molecule has 3 rings (SSSR count). The largest absolute Gasteiger partial charge is 0.352 e. The number of piperazine rings is 1. The minimum absolute atomic E-state index is 0.213. The van der Waals surface area contributed by atoms with Crippen LogP contribution in [0.15, 0.2) is 36.4 Å². The molecule has 6 heteroatoms. The maximum atomic E-state index is 11.7. The topological polar surface area (TPSA) is 49.3 Å². The van der Waals surface area contributed by atoms with Crippen LogP contribution in [0.3, 0.4) is 0 Å². The Kier molecular flexibility index (Phi) is 4.76. The van der Waals surface area contributed by atoms with E-state index in [0.29, 0.717) is 11.4 Å². The van der Waals surface area contributed by atoms with Crippen LogP contribution in [0.5, 0.6) is 0 Å². The number of benzene rings is 1. The molecule has 1 fully saturated rings. The van der Waals surface area contributed by atoms with Gasteiger partial charge in [-0.25, -0.2) is 0 Å². The minimum Gasteiger partial charge on any atom is -0.352 e. The highest BCUT2D eigenvalue weighted by atomic mass is 35.5. The summed E-state index contributed by atoms with van der Waals surface area (Å²) in [5.74, 6) is 1.05. The van der Waals surface area contributed by atoms with Gasteiger partial charge in [-0.3, -0.25) is 4.79 Å². The highest BCUT2D eigenvalue weighted by Gasteiger charge is 2.21. The molecule has 0 unspecified atom stereocenters. The molecule has 2 heterocycles. The molecule has 0 atom stereocenters. The summed E-state index contributed by atoms with van der Waals surface area (Å²) in [6.07, 6.45) is 0.562. The van der Waals surface area contributed by atoms with Gasteiger partial charge >= 0.3 is 0 Å². The minimum atomic E-state index is 0.213. The number of carbonyl (C=O) groups excluding carboxylic acids is 1. The van der Waals surface area contributed by atoms with Crippen molar-refractivity contribution in [1.29, 1.82) is 0 Å². The molecule has 2 aromatic rings. The van der Waals surface area contributed by atoms with E-state index in [1.165, 1.54) is 0 Å². The molecule has 0 aliphatic carbocycles. The molecule has 23 heavy (non-hydrogen) atoms. The van der Waals surface area contributed by atoms with Gasteiger partial charge in [0.05, 0.1) is 10.7 Å². The number of rotatable bonds is 3. The van der Waals surface area contributed by atoms with Crippen molar-refractivity contribution in [3.05, 3.63) is 41.4 Å². The number of anilines is 1. The maximum absolute atomic E-state index is 11.7. The Morgan fingerprint density at radius 3 is 2.43 bits per heavy atom. The zero-order chi connectivity index (χ0) is 16.2. The molecule has 0 bridgehead atoms. The molecule has 5 nitrogen and oxygen atoms in total. The predicted octanol–water partition coefficient (Wildman–Crippen LogP) is 2.86.